The first-order valence-electron chi connectivity index (χ1n) is 7.74. The van der Waals surface area contributed by atoms with Crippen molar-refractivity contribution in [3.05, 3.63) is 35.4 Å². The summed E-state index contributed by atoms with van der Waals surface area (Å²) in [6.07, 6.45) is 0.288. The van der Waals surface area contributed by atoms with Gasteiger partial charge >= 0.3 is 6.18 Å². The molecule has 0 aromatic heterocycles. The highest BCUT2D eigenvalue weighted by Crippen LogP contribution is 2.61. The van der Waals surface area contributed by atoms with Gasteiger partial charge in [-0.3, -0.25) is 0 Å². The van der Waals surface area contributed by atoms with Crippen molar-refractivity contribution in [2.24, 2.45) is 17.8 Å². The average molecular weight is 296 g/mol. The van der Waals surface area contributed by atoms with Gasteiger partial charge in [0.15, 0.2) is 0 Å². The van der Waals surface area contributed by atoms with E-state index >= 15 is 0 Å². The zero-order valence-electron chi connectivity index (χ0n) is 11.7. The van der Waals surface area contributed by atoms with Crippen LogP contribution in [0.15, 0.2) is 24.3 Å². The molecule has 4 aliphatic rings. The van der Waals surface area contributed by atoms with Gasteiger partial charge in [-0.05, 0) is 67.4 Å². The van der Waals surface area contributed by atoms with E-state index in [1.165, 1.54) is 12.1 Å². The van der Waals surface area contributed by atoms with Crippen molar-refractivity contribution in [3.8, 4) is 0 Å². The third kappa shape index (κ3) is 2.19. The minimum Gasteiger partial charge on any atom is -0.390 e. The molecule has 1 nitrogen and oxygen atoms in total. The van der Waals surface area contributed by atoms with E-state index in [4.69, 9.17) is 0 Å². The molecule has 1 aromatic carbocycles. The van der Waals surface area contributed by atoms with Crippen LogP contribution in [0, 0.1) is 17.8 Å². The standard InChI is InChI=1S/C17H19F3O/c18-17(19,20)14-3-1-2-11(6-14)15-12-4-10-5-13(15)9-16(21,7-10)8-12/h1-3,6,10,12-13,15,21H,4-5,7-9H2/t10?,12-,13+,15?,16?. The maximum Gasteiger partial charge on any atom is 0.416 e. The summed E-state index contributed by atoms with van der Waals surface area (Å²) in [4.78, 5) is 0. The lowest BCUT2D eigenvalue weighted by Gasteiger charge is -2.58. The Kier molecular flexibility index (Phi) is 2.76. The van der Waals surface area contributed by atoms with Crippen molar-refractivity contribution in [1.82, 2.24) is 0 Å². The van der Waals surface area contributed by atoms with Gasteiger partial charge < -0.3 is 5.11 Å². The van der Waals surface area contributed by atoms with Crippen LogP contribution in [0.3, 0.4) is 0 Å². The highest BCUT2D eigenvalue weighted by atomic mass is 19.4. The quantitative estimate of drug-likeness (QED) is 0.816. The molecule has 4 aliphatic carbocycles. The van der Waals surface area contributed by atoms with Gasteiger partial charge in [-0.1, -0.05) is 18.2 Å². The third-order valence-corrected chi connectivity index (χ3v) is 5.84. The number of benzene rings is 1. The van der Waals surface area contributed by atoms with Gasteiger partial charge in [0.1, 0.15) is 0 Å². The number of hydrogen-bond donors (Lipinski definition) is 1. The van der Waals surface area contributed by atoms with Crippen LogP contribution in [-0.4, -0.2) is 10.7 Å². The van der Waals surface area contributed by atoms with Crippen LogP contribution < -0.4 is 0 Å². The number of halogens is 3. The molecule has 4 fully saturated rings. The summed E-state index contributed by atoms with van der Waals surface area (Å²) < 4.78 is 38.7. The first-order chi connectivity index (χ1) is 9.84. The minimum atomic E-state index is -4.28. The normalized spacial score (nSPS) is 41.5. The zero-order valence-corrected chi connectivity index (χ0v) is 11.7. The van der Waals surface area contributed by atoms with Crippen LogP contribution in [0.4, 0.5) is 13.2 Å². The van der Waals surface area contributed by atoms with Gasteiger partial charge in [-0.25, -0.2) is 0 Å². The zero-order chi connectivity index (χ0) is 14.8. The Hall–Kier alpha value is -1.03. The Morgan fingerprint density at radius 1 is 1.05 bits per heavy atom. The first kappa shape index (κ1) is 13.6. The molecule has 3 unspecified atom stereocenters. The summed E-state index contributed by atoms with van der Waals surface area (Å²) in [7, 11) is 0. The van der Waals surface area contributed by atoms with E-state index < -0.39 is 17.3 Å². The van der Waals surface area contributed by atoms with E-state index in [0.29, 0.717) is 17.8 Å². The Labute approximate surface area is 122 Å². The highest BCUT2D eigenvalue weighted by Gasteiger charge is 2.55. The van der Waals surface area contributed by atoms with Gasteiger partial charge in [0.25, 0.3) is 0 Å². The molecule has 4 heteroatoms. The summed E-state index contributed by atoms with van der Waals surface area (Å²) in [6, 6.07) is 5.84. The van der Waals surface area contributed by atoms with E-state index in [0.717, 1.165) is 43.7 Å². The molecule has 5 rings (SSSR count). The lowest BCUT2D eigenvalue weighted by atomic mass is 9.49. The monoisotopic (exact) mass is 296 g/mol. The molecule has 5 atom stereocenters. The van der Waals surface area contributed by atoms with Gasteiger partial charge in [0.05, 0.1) is 11.2 Å². The van der Waals surface area contributed by atoms with E-state index in [-0.39, 0.29) is 5.92 Å². The van der Waals surface area contributed by atoms with Crippen molar-refractivity contribution in [3.63, 3.8) is 0 Å². The van der Waals surface area contributed by atoms with E-state index in [1.54, 1.807) is 0 Å². The number of rotatable bonds is 1. The smallest absolute Gasteiger partial charge is 0.390 e. The lowest BCUT2D eigenvalue weighted by Crippen LogP contribution is -2.53. The lowest BCUT2D eigenvalue weighted by molar-refractivity contribution is -0.139. The molecule has 0 radical (unpaired) electrons. The van der Waals surface area contributed by atoms with Gasteiger partial charge in [-0.2, -0.15) is 13.2 Å². The third-order valence-electron chi connectivity index (χ3n) is 5.84. The number of hydrogen-bond acceptors (Lipinski definition) is 1. The molecule has 0 amide bonds. The summed E-state index contributed by atoms with van der Waals surface area (Å²) in [5.74, 6) is 1.48. The van der Waals surface area contributed by atoms with Crippen LogP contribution in [0.5, 0.6) is 0 Å². The van der Waals surface area contributed by atoms with Crippen LogP contribution in [0.2, 0.25) is 0 Å². The Morgan fingerprint density at radius 2 is 1.71 bits per heavy atom. The van der Waals surface area contributed by atoms with E-state index in [1.807, 2.05) is 6.07 Å². The second kappa shape index (κ2) is 4.25. The minimum absolute atomic E-state index is 0.198. The van der Waals surface area contributed by atoms with Crippen LogP contribution in [0.1, 0.15) is 49.1 Å². The molecule has 0 spiro atoms. The summed E-state index contributed by atoms with van der Waals surface area (Å²) in [5, 5.41) is 10.6. The first-order valence-corrected chi connectivity index (χ1v) is 7.74. The molecule has 21 heavy (non-hydrogen) atoms. The molecular formula is C17H19F3O. The topological polar surface area (TPSA) is 20.2 Å². The number of alkyl halides is 3. The van der Waals surface area contributed by atoms with E-state index in [9.17, 15) is 18.3 Å². The van der Waals surface area contributed by atoms with Gasteiger partial charge in [0.2, 0.25) is 0 Å². The van der Waals surface area contributed by atoms with Crippen molar-refractivity contribution < 1.29 is 18.3 Å². The maximum atomic E-state index is 12.9. The fraction of sp³-hybridized carbons (Fsp3) is 0.647. The molecule has 0 aliphatic heterocycles. The highest BCUT2D eigenvalue weighted by molar-refractivity contribution is 5.31. The molecule has 1 N–H and O–H groups in total. The molecule has 4 bridgehead atoms. The SMILES string of the molecule is OC12CC3C[C@H](C1)C(c1cccc(C(F)(F)F)c1)[C@@H](C3)C2. The summed E-state index contributed by atoms with van der Waals surface area (Å²) in [5.41, 5.74) is -0.260. The Morgan fingerprint density at radius 3 is 2.29 bits per heavy atom. The molecule has 114 valence electrons. The Balaban J connectivity index is 1.69. The fourth-order valence-electron chi connectivity index (χ4n) is 5.45. The van der Waals surface area contributed by atoms with Crippen LogP contribution in [0.25, 0.3) is 0 Å². The number of aliphatic hydroxyl groups is 1. The molecule has 1 aromatic rings. The predicted molar refractivity (Wildman–Crippen MR) is 72.7 cm³/mol. The van der Waals surface area contributed by atoms with Gasteiger partial charge in [0, 0.05) is 0 Å². The fourth-order valence-corrected chi connectivity index (χ4v) is 5.45. The summed E-state index contributed by atoms with van der Waals surface area (Å²) >= 11 is 0. The van der Waals surface area contributed by atoms with Crippen molar-refractivity contribution >= 4 is 0 Å². The van der Waals surface area contributed by atoms with Crippen molar-refractivity contribution in [1.29, 1.82) is 0 Å². The Bertz CT molecular complexity index is 549. The largest absolute Gasteiger partial charge is 0.416 e. The second-order valence-electron chi connectivity index (χ2n) is 7.34. The van der Waals surface area contributed by atoms with E-state index in [2.05, 4.69) is 0 Å². The molecule has 4 saturated carbocycles. The summed E-state index contributed by atoms with van der Waals surface area (Å²) in [6.45, 7) is 0. The molecule has 0 saturated heterocycles. The van der Waals surface area contributed by atoms with Crippen LogP contribution >= 0.6 is 0 Å². The maximum absolute atomic E-state index is 12.9. The van der Waals surface area contributed by atoms with Crippen molar-refractivity contribution in [2.75, 3.05) is 0 Å². The second-order valence-corrected chi connectivity index (χ2v) is 7.34. The molecule has 0 heterocycles. The van der Waals surface area contributed by atoms with Gasteiger partial charge in [-0.15, -0.1) is 0 Å². The van der Waals surface area contributed by atoms with Crippen molar-refractivity contribution in [2.45, 2.75) is 49.8 Å². The van der Waals surface area contributed by atoms with Crippen LogP contribution in [-0.2, 0) is 6.18 Å². The molecular weight excluding hydrogens is 277 g/mol. The average Bonchev–Trinajstić information content (AvgIpc) is 2.35. The predicted octanol–water partition coefficient (Wildman–Crippen LogP) is 4.36.